The molecule has 0 saturated heterocycles. The van der Waals surface area contributed by atoms with E-state index in [1.54, 1.807) is 0 Å². The monoisotopic (exact) mass is 182 g/mol. The zero-order valence-corrected chi connectivity index (χ0v) is 7.43. The molecule has 0 radical (unpaired) electrons. The third-order valence-electron chi connectivity index (χ3n) is 1.43. The van der Waals surface area contributed by atoms with Crippen LogP contribution >= 0.6 is 11.6 Å². The predicted molar refractivity (Wildman–Crippen MR) is 51.6 cm³/mol. The number of nitrogens with one attached hydrogen (secondary N) is 1. The number of hydrogen-bond donors (Lipinski definition) is 2. The Morgan fingerprint density at radius 3 is 2.50 bits per heavy atom. The Balaban J connectivity index is 2.53. The Morgan fingerprint density at radius 1 is 1.42 bits per heavy atom. The standard InChI is InChI=1S/C9H11ClN2/c1-7(11)12-6-8-2-4-9(10)5-3-8/h2-5,12H,1,6,11H2. The van der Waals surface area contributed by atoms with Crippen LogP contribution in [-0.4, -0.2) is 0 Å². The van der Waals surface area contributed by atoms with E-state index < -0.39 is 0 Å². The molecular weight excluding hydrogens is 172 g/mol. The van der Waals surface area contributed by atoms with Crippen molar-refractivity contribution in [3.8, 4) is 0 Å². The summed E-state index contributed by atoms with van der Waals surface area (Å²) in [4.78, 5) is 0. The lowest BCUT2D eigenvalue weighted by Gasteiger charge is -2.04. The second-order valence-electron chi connectivity index (χ2n) is 2.51. The number of benzene rings is 1. The molecular formula is C9H11ClN2. The molecule has 0 atom stereocenters. The zero-order chi connectivity index (χ0) is 8.97. The fourth-order valence-electron chi connectivity index (χ4n) is 0.818. The van der Waals surface area contributed by atoms with Gasteiger partial charge in [0.2, 0.25) is 0 Å². The van der Waals surface area contributed by atoms with Crippen molar-refractivity contribution in [3.63, 3.8) is 0 Å². The van der Waals surface area contributed by atoms with Crippen molar-refractivity contribution in [2.24, 2.45) is 5.73 Å². The molecule has 64 valence electrons. The van der Waals surface area contributed by atoms with Gasteiger partial charge < -0.3 is 11.1 Å². The van der Waals surface area contributed by atoms with Gasteiger partial charge in [0.05, 0.1) is 5.82 Å². The summed E-state index contributed by atoms with van der Waals surface area (Å²) in [7, 11) is 0. The summed E-state index contributed by atoms with van der Waals surface area (Å²) < 4.78 is 0. The number of nitrogens with two attached hydrogens (primary N) is 1. The van der Waals surface area contributed by atoms with E-state index in [1.807, 2.05) is 24.3 Å². The molecule has 1 aromatic rings. The van der Waals surface area contributed by atoms with Crippen molar-refractivity contribution in [2.45, 2.75) is 6.54 Å². The fourth-order valence-corrected chi connectivity index (χ4v) is 0.944. The third kappa shape index (κ3) is 2.84. The molecule has 0 aliphatic carbocycles. The first-order valence-corrected chi connectivity index (χ1v) is 3.99. The van der Waals surface area contributed by atoms with Crippen LogP contribution in [0.3, 0.4) is 0 Å². The summed E-state index contributed by atoms with van der Waals surface area (Å²) in [6.07, 6.45) is 0. The number of rotatable bonds is 3. The number of hydrogen-bond acceptors (Lipinski definition) is 2. The highest BCUT2D eigenvalue weighted by Crippen LogP contribution is 2.08. The Morgan fingerprint density at radius 2 is 2.00 bits per heavy atom. The van der Waals surface area contributed by atoms with Crippen LogP contribution in [0.1, 0.15) is 5.56 Å². The predicted octanol–water partition coefficient (Wildman–Crippen LogP) is 1.86. The maximum Gasteiger partial charge on any atom is 0.0888 e. The second kappa shape index (κ2) is 4.02. The molecule has 0 aliphatic heterocycles. The maximum atomic E-state index is 5.71. The van der Waals surface area contributed by atoms with Crippen molar-refractivity contribution >= 4 is 11.6 Å². The molecule has 12 heavy (non-hydrogen) atoms. The Labute approximate surface area is 77.0 Å². The van der Waals surface area contributed by atoms with Gasteiger partial charge in [0.1, 0.15) is 0 Å². The van der Waals surface area contributed by atoms with Crippen molar-refractivity contribution in [1.82, 2.24) is 5.32 Å². The average molecular weight is 183 g/mol. The molecule has 0 saturated carbocycles. The van der Waals surface area contributed by atoms with Gasteiger partial charge in [-0.2, -0.15) is 0 Å². The molecule has 0 aromatic heterocycles. The van der Waals surface area contributed by atoms with Gasteiger partial charge in [0.15, 0.2) is 0 Å². The van der Waals surface area contributed by atoms with E-state index in [2.05, 4.69) is 11.9 Å². The number of halogens is 1. The van der Waals surface area contributed by atoms with E-state index >= 15 is 0 Å². The van der Waals surface area contributed by atoms with Crippen molar-refractivity contribution in [2.75, 3.05) is 0 Å². The zero-order valence-electron chi connectivity index (χ0n) is 6.68. The molecule has 0 fully saturated rings. The van der Waals surface area contributed by atoms with Gasteiger partial charge >= 0.3 is 0 Å². The Bertz CT molecular complexity index is 266. The first-order valence-electron chi connectivity index (χ1n) is 3.61. The first kappa shape index (κ1) is 8.94. The molecule has 0 unspecified atom stereocenters. The van der Waals surface area contributed by atoms with Gasteiger partial charge in [-0.25, -0.2) is 0 Å². The SMILES string of the molecule is C=C(N)NCc1ccc(Cl)cc1. The lowest BCUT2D eigenvalue weighted by molar-refractivity contribution is 0.804. The van der Waals surface area contributed by atoms with Gasteiger partial charge in [-0.15, -0.1) is 0 Å². The summed E-state index contributed by atoms with van der Waals surface area (Å²) in [5, 5.41) is 3.66. The Kier molecular flexibility index (Phi) is 3.00. The smallest absolute Gasteiger partial charge is 0.0888 e. The first-order chi connectivity index (χ1) is 5.68. The molecule has 0 heterocycles. The van der Waals surface area contributed by atoms with Crippen LogP contribution in [0, 0.1) is 0 Å². The van der Waals surface area contributed by atoms with Crippen LogP contribution in [0.5, 0.6) is 0 Å². The normalized spacial score (nSPS) is 9.42. The highest BCUT2D eigenvalue weighted by Gasteiger charge is 1.91. The van der Waals surface area contributed by atoms with Crippen LogP contribution in [0.25, 0.3) is 0 Å². The average Bonchev–Trinajstić information content (AvgIpc) is 2.03. The quantitative estimate of drug-likeness (QED) is 0.749. The summed E-state index contributed by atoms with van der Waals surface area (Å²) in [6.45, 7) is 4.22. The summed E-state index contributed by atoms with van der Waals surface area (Å²) in [5.41, 5.74) is 6.47. The molecule has 1 aromatic carbocycles. The fraction of sp³-hybridized carbons (Fsp3) is 0.111. The summed E-state index contributed by atoms with van der Waals surface area (Å²) >= 11 is 5.71. The van der Waals surface area contributed by atoms with E-state index in [9.17, 15) is 0 Å². The third-order valence-corrected chi connectivity index (χ3v) is 1.68. The van der Waals surface area contributed by atoms with Crippen molar-refractivity contribution in [3.05, 3.63) is 47.3 Å². The van der Waals surface area contributed by atoms with E-state index in [4.69, 9.17) is 17.3 Å². The second-order valence-corrected chi connectivity index (χ2v) is 2.94. The molecule has 3 N–H and O–H groups in total. The summed E-state index contributed by atoms with van der Waals surface area (Å²) in [5.74, 6) is 0.477. The van der Waals surface area contributed by atoms with Gasteiger partial charge in [-0.3, -0.25) is 0 Å². The Hall–Kier alpha value is -1.15. The minimum absolute atomic E-state index is 0.477. The molecule has 3 heteroatoms. The minimum atomic E-state index is 0.477. The molecule has 2 nitrogen and oxygen atoms in total. The van der Waals surface area contributed by atoms with Crippen LogP contribution in [0.15, 0.2) is 36.7 Å². The van der Waals surface area contributed by atoms with E-state index in [-0.39, 0.29) is 0 Å². The lowest BCUT2D eigenvalue weighted by atomic mass is 10.2. The van der Waals surface area contributed by atoms with Crippen LogP contribution < -0.4 is 11.1 Å². The largest absolute Gasteiger partial charge is 0.386 e. The highest BCUT2D eigenvalue weighted by molar-refractivity contribution is 6.30. The molecule has 1 rings (SSSR count). The highest BCUT2D eigenvalue weighted by atomic mass is 35.5. The summed E-state index contributed by atoms with van der Waals surface area (Å²) in [6, 6.07) is 7.58. The minimum Gasteiger partial charge on any atom is -0.386 e. The molecule has 0 spiro atoms. The van der Waals surface area contributed by atoms with Gasteiger partial charge in [0, 0.05) is 11.6 Å². The molecule has 0 amide bonds. The lowest BCUT2D eigenvalue weighted by Crippen LogP contribution is -2.17. The maximum absolute atomic E-state index is 5.71. The van der Waals surface area contributed by atoms with E-state index in [1.165, 1.54) is 0 Å². The molecule has 0 bridgehead atoms. The molecule has 0 aliphatic rings. The van der Waals surface area contributed by atoms with Crippen molar-refractivity contribution < 1.29 is 0 Å². The van der Waals surface area contributed by atoms with Gasteiger partial charge in [-0.05, 0) is 17.7 Å². The van der Waals surface area contributed by atoms with Crippen LogP contribution in [-0.2, 0) is 6.54 Å². The van der Waals surface area contributed by atoms with Gasteiger partial charge in [0.25, 0.3) is 0 Å². The van der Waals surface area contributed by atoms with Crippen LogP contribution in [0.2, 0.25) is 5.02 Å². The van der Waals surface area contributed by atoms with Crippen molar-refractivity contribution in [1.29, 1.82) is 0 Å². The van der Waals surface area contributed by atoms with E-state index in [0.717, 1.165) is 10.6 Å². The van der Waals surface area contributed by atoms with Gasteiger partial charge in [-0.1, -0.05) is 30.3 Å². The topological polar surface area (TPSA) is 38.0 Å². The van der Waals surface area contributed by atoms with E-state index in [0.29, 0.717) is 12.4 Å². The van der Waals surface area contributed by atoms with Crippen LogP contribution in [0.4, 0.5) is 0 Å².